The first kappa shape index (κ1) is 19.6. The molecule has 1 unspecified atom stereocenters. The highest BCUT2D eigenvalue weighted by atomic mass is 16.5. The molecule has 0 aliphatic carbocycles. The number of rotatable bonds is 6. The minimum Gasteiger partial charge on any atom is -0.467 e. The van der Waals surface area contributed by atoms with E-state index in [-0.39, 0.29) is 18.6 Å². The van der Waals surface area contributed by atoms with E-state index in [2.05, 4.69) is 5.10 Å². The summed E-state index contributed by atoms with van der Waals surface area (Å²) >= 11 is 0. The van der Waals surface area contributed by atoms with Gasteiger partial charge in [-0.15, -0.1) is 0 Å². The Bertz CT molecular complexity index is 1280. The maximum Gasteiger partial charge on any atom is 0.347 e. The number of ether oxygens (including phenoxy) is 1. The fourth-order valence-corrected chi connectivity index (χ4v) is 4.12. The SMILES string of the molecule is Cc1ccc2oc(=O)c3cnn(CC(=O)N(Cc4ccco4)CC4CCCO4)c3c2c1. The molecule has 31 heavy (non-hydrogen) atoms. The van der Waals surface area contributed by atoms with Crippen molar-refractivity contribution in [2.45, 2.75) is 39.0 Å². The highest BCUT2D eigenvalue weighted by Gasteiger charge is 2.25. The molecule has 160 valence electrons. The van der Waals surface area contributed by atoms with Crippen molar-refractivity contribution < 1.29 is 18.4 Å². The van der Waals surface area contributed by atoms with Crippen LogP contribution in [0, 0.1) is 6.92 Å². The molecule has 1 saturated heterocycles. The van der Waals surface area contributed by atoms with Crippen LogP contribution in [0.2, 0.25) is 0 Å². The second-order valence-corrected chi connectivity index (χ2v) is 7.94. The van der Waals surface area contributed by atoms with Crippen LogP contribution in [-0.4, -0.2) is 39.8 Å². The van der Waals surface area contributed by atoms with Gasteiger partial charge in [0.15, 0.2) is 0 Å². The van der Waals surface area contributed by atoms with Gasteiger partial charge in [-0.1, -0.05) is 11.6 Å². The lowest BCUT2D eigenvalue weighted by Crippen LogP contribution is -2.39. The summed E-state index contributed by atoms with van der Waals surface area (Å²) in [6, 6.07) is 9.25. The number of carbonyl (C=O) groups is 1. The fourth-order valence-electron chi connectivity index (χ4n) is 4.12. The second-order valence-electron chi connectivity index (χ2n) is 7.94. The van der Waals surface area contributed by atoms with Gasteiger partial charge in [0.25, 0.3) is 0 Å². The average Bonchev–Trinajstić information content (AvgIpc) is 3.51. The number of aromatic nitrogens is 2. The molecular weight excluding hydrogens is 398 g/mol. The van der Waals surface area contributed by atoms with Crippen molar-refractivity contribution in [2.24, 2.45) is 0 Å². The van der Waals surface area contributed by atoms with Crippen LogP contribution >= 0.6 is 0 Å². The first-order chi connectivity index (χ1) is 15.1. The van der Waals surface area contributed by atoms with Crippen LogP contribution in [0.3, 0.4) is 0 Å². The van der Waals surface area contributed by atoms with Crippen LogP contribution < -0.4 is 5.63 Å². The highest BCUT2D eigenvalue weighted by Crippen LogP contribution is 2.24. The molecule has 8 heteroatoms. The number of benzene rings is 1. The zero-order valence-corrected chi connectivity index (χ0v) is 17.2. The standard InChI is InChI=1S/C23H23N3O5/c1-15-6-7-20-18(10-15)22-19(23(28)31-20)11-24-26(22)14-21(27)25(12-16-4-2-8-29-16)13-17-5-3-9-30-17/h2,4,6-8,10-11,17H,3,5,9,12-14H2,1H3. The van der Waals surface area contributed by atoms with Gasteiger partial charge in [0.2, 0.25) is 5.91 Å². The maximum atomic E-state index is 13.3. The summed E-state index contributed by atoms with van der Waals surface area (Å²) in [5.74, 6) is 0.587. The van der Waals surface area contributed by atoms with E-state index in [1.54, 1.807) is 28.0 Å². The van der Waals surface area contributed by atoms with Gasteiger partial charge in [0.1, 0.15) is 23.3 Å². The lowest BCUT2D eigenvalue weighted by atomic mass is 10.1. The molecule has 4 aromatic rings. The zero-order chi connectivity index (χ0) is 21.4. The van der Waals surface area contributed by atoms with Crippen LogP contribution in [0.25, 0.3) is 21.9 Å². The normalized spacial score (nSPS) is 16.4. The van der Waals surface area contributed by atoms with Crippen LogP contribution in [0.15, 0.2) is 56.4 Å². The summed E-state index contributed by atoms with van der Waals surface area (Å²) in [5.41, 5.74) is 1.65. The third kappa shape index (κ3) is 3.86. The maximum absolute atomic E-state index is 13.3. The van der Waals surface area contributed by atoms with Crippen molar-refractivity contribution >= 4 is 27.8 Å². The lowest BCUT2D eigenvalue weighted by Gasteiger charge is -2.25. The molecule has 0 bridgehead atoms. The van der Waals surface area contributed by atoms with Gasteiger partial charge in [-0.25, -0.2) is 4.79 Å². The van der Waals surface area contributed by atoms with E-state index in [9.17, 15) is 9.59 Å². The first-order valence-electron chi connectivity index (χ1n) is 10.4. The molecular formula is C23H23N3O5. The molecule has 0 spiro atoms. The Morgan fingerprint density at radius 2 is 2.19 bits per heavy atom. The molecule has 4 heterocycles. The number of amides is 1. The Hall–Kier alpha value is -3.39. The van der Waals surface area contributed by atoms with E-state index >= 15 is 0 Å². The average molecular weight is 421 g/mol. The predicted octanol–water partition coefficient (Wildman–Crippen LogP) is 3.25. The third-order valence-electron chi connectivity index (χ3n) is 5.66. The zero-order valence-electron chi connectivity index (χ0n) is 17.2. The highest BCUT2D eigenvalue weighted by molar-refractivity contribution is 6.02. The number of hydrogen-bond donors (Lipinski definition) is 0. The van der Waals surface area contributed by atoms with Crippen molar-refractivity contribution in [3.63, 3.8) is 0 Å². The van der Waals surface area contributed by atoms with E-state index < -0.39 is 5.63 Å². The van der Waals surface area contributed by atoms with E-state index in [4.69, 9.17) is 13.6 Å². The monoisotopic (exact) mass is 421 g/mol. The quantitative estimate of drug-likeness (QED) is 0.444. The minimum absolute atomic E-state index is 0.00340. The number of furan rings is 1. The minimum atomic E-state index is -0.461. The number of aryl methyl sites for hydroxylation is 1. The Labute approximate surface area is 178 Å². The molecule has 3 aromatic heterocycles. The largest absolute Gasteiger partial charge is 0.467 e. The Kier molecular flexibility index (Phi) is 5.07. The summed E-state index contributed by atoms with van der Waals surface area (Å²) in [6.07, 6.45) is 5.01. The van der Waals surface area contributed by atoms with Crippen molar-refractivity contribution in [2.75, 3.05) is 13.2 Å². The molecule has 1 aromatic carbocycles. The molecule has 1 amide bonds. The molecule has 0 N–H and O–H groups in total. The Morgan fingerprint density at radius 1 is 1.29 bits per heavy atom. The lowest BCUT2D eigenvalue weighted by molar-refractivity contribution is -0.134. The molecule has 1 aliphatic rings. The summed E-state index contributed by atoms with van der Waals surface area (Å²) in [5, 5.41) is 5.47. The molecule has 1 aliphatic heterocycles. The van der Waals surface area contributed by atoms with Crippen LogP contribution in [0.5, 0.6) is 0 Å². The summed E-state index contributed by atoms with van der Waals surface area (Å²) in [4.78, 5) is 27.5. The fraction of sp³-hybridized carbons (Fsp3) is 0.348. The predicted molar refractivity (Wildman–Crippen MR) is 114 cm³/mol. The van der Waals surface area contributed by atoms with E-state index in [1.807, 2.05) is 25.1 Å². The first-order valence-corrected chi connectivity index (χ1v) is 10.4. The summed E-state index contributed by atoms with van der Waals surface area (Å²) in [6.45, 7) is 3.53. The van der Waals surface area contributed by atoms with Crippen molar-refractivity contribution in [3.8, 4) is 0 Å². The molecule has 0 saturated carbocycles. The molecule has 1 fully saturated rings. The molecule has 5 rings (SSSR count). The number of carbonyl (C=O) groups excluding carboxylic acids is 1. The van der Waals surface area contributed by atoms with Crippen molar-refractivity contribution in [1.82, 2.24) is 14.7 Å². The van der Waals surface area contributed by atoms with Crippen molar-refractivity contribution in [3.05, 3.63) is 64.5 Å². The Morgan fingerprint density at radius 3 is 2.97 bits per heavy atom. The Balaban J connectivity index is 1.49. The smallest absolute Gasteiger partial charge is 0.347 e. The van der Waals surface area contributed by atoms with E-state index in [1.165, 1.54) is 6.20 Å². The van der Waals surface area contributed by atoms with Gasteiger partial charge in [0.05, 0.1) is 30.6 Å². The molecule has 1 atom stereocenters. The van der Waals surface area contributed by atoms with Gasteiger partial charge in [-0.3, -0.25) is 9.48 Å². The number of hydrogen-bond acceptors (Lipinski definition) is 6. The van der Waals surface area contributed by atoms with E-state index in [0.29, 0.717) is 35.3 Å². The summed E-state index contributed by atoms with van der Waals surface area (Å²) < 4.78 is 18.2. The second kappa shape index (κ2) is 8.03. The summed E-state index contributed by atoms with van der Waals surface area (Å²) in [7, 11) is 0. The topological polar surface area (TPSA) is 90.7 Å². The van der Waals surface area contributed by atoms with Gasteiger partial charge < -0.3 is 18.5 Å². The van der Waals surface area contributed by atoms with Gasteiger partial charge in [0, 0.05) is 18.5 Å². The van der Waals surface area contributed by atoms with Gasteiger partial charge >= 0.3 is 5.63 Å². The van der Waals surface area contributed by atoms with Gasteiger partial charge in [-0.05, 0) is 44.0 Å². The molecule has 0 radical (unpaired) electrons. The van der Waals surface area contributed by atoms with E-state index in [0.717, 1.165) is 30.4 Å². The number of fused-ring (bicyclic) bond motifs is 3. The third-order valence-corrected chi connectivity index (χ3v) is 5.66. The molecule has 8 nitrogen and oxygen atoms in total. The van der Waals surface area contributed by atoms with Gasteiger partial charge in [-0.2, -0.15) is 5.10 Å². The van der Waals surface area contributed by atoms with Crippen molar-refractivity contribution in [1.29, 1.82) is 0 Å². The number of nitrogens with zero attached hydrogens (tertiary/aromatic N) is 3. The van der Waals surface area contributed by atoms with Crippen LogP contribution in [0.1, 0.15) is 24.2 Å². The van der Waals surface area contributed by atoms with Crippen LogP contribution in [0.4, 0.5) is 0 Å². The van der Waals surface area contributed by atoms with Crippen LogP contribution in [-0.2, 0) is 22.6 Å².